The molecule has 0 amide bonds. The zero-order valence-corrected chi connectivity index (χ0v) is 27.9. The first kappa shape index (κ1) is 33.0. The number of aromatic nitrogens is 3. The van der Waals surface area contributed by atoms with Gasteiger partial charge in [0.1, 0.15) is 6.07 Å². The van der Waals surface area contributed by atoms with Gasteiger partial charge in [-0.15, -0.1) is 0 Å². The number of nitriles is 1. The molecule has 6 aromatic carbocycles. The average Bonchev–Trinajstić information content (AvgIpc) is 3.69. The van der Waals surface area contributed by atoms with Crippen molar-refractivity contribution in [2.45, 2.75) is 12.4 Å². The van der Waals surface area contributed by atoms with Crippen molar-refractivity contribution in [2.24, 2.45) is 0 Å². The maximum absolute atomic E-state index is 14.0. The number of pyridine rings is 1. The fourth-order valence-electron chi connectivity index (χ4n) is 7.41. The minimum Gasteiger partial charge on any atom is -0.309 e. The number of rotatable bonds is 4. The van der Waals surface area contributed by atoms with Crippen LogP contribution >= 0.6 is 0 Å². The van der Waals surface area contributed by atoms with Gasteiger partial charge >= 0.3 is 12.4 Å². The molecule has 4 nitrogen and oxygen atoms in total. The van der Waals surface area contributed by atoms with E-state index in [-0.39, 0.29) is 5.56 Å². The van der Waals surface area contributed by atoms with Gasteiger partial charge in [-0.05, 0) is 72.8 Å². The minimum atomic E-state index is -4.57. The van der Waals surface area contributed by atoms with Crippen molar-refractivity contribution in [3.05, 3.63) is 162 Å². The molecular formula is C44H24F6N4. The molecule has 10 heteroatoms. The zero-order valence-electron chi connectivity index (χ0n) is 27.9. The fourth-order valence-corrected chi connectivity index (χ4v) is 7.41. The summed E-state index contributed by atoms with van der Waals surface area (Å²) in [7, 11) is 0. The Hall–Kier alpha value is -6.86. The normalized spacial score (nSPS) is 12.2. The van der Waals surface area contributed by atoms with Gasteiger partial charge in [0.2, 0.25) is 0 Å². The quantitative estimate of drug-likeness (QED) is 0.170. The highest BCUT2D eigenvalue weighted by Crippen LogP contribution is 2.43. The predicted molar refractivity (Wildman–Crippen MR) is 199 cm³/mol. The first-order chi connectivity index (χ1) is 26.0. The van der Waals surface area contributed by atoms with Crippen LogP contribution in [0.5, 0.6) is 0 Å². The number of para-hydroxylation sites is 2. The molecule has 54 heavy (non-hydrogen) atoms. The Morgan fingerprint density at radius 1 is 0.463 bits per heavy atom. The van der Waals surface area contributed by atoms with Gasteiger partial charge in [-0.25, -0.2) is 4.98 Å². The van der Waals surface area contributed by atoms with E-state index in [4.69, 9.17) is 4.98 Å². The summed E-state index contributed by atoms with van der Waals surface area (Å²) in [6.45, 7) is 0. The number of fused-ring (bicyclic) bond motifs is 6. The number of halogens is 6. The smallest absolute Gasteiger partial charge is 0.309 e. The van der Waals surface area contributed by atoms with Gasteiger partial charge < -0.3 is 9.13 Å². The standard InChI is InChI=1S/C44H24F6N4/c45-43(46,47)28-17-19-39-32(22-28)30-11-4-6-15-37(30)53(39)41-24-34(36-14-8-13-35(52-36)26-9-2-1-3-10-26)42(21-27(41)25-51)54-38-16-7-5-12-31(38)33-23-29(44(48,49)50)18-20-40(33)54/h1-24H. The molecule has 0 saturated carbocycles. The number of hydrogen-bond donors (Lipinski definition) is 0. The first-order valence-corrected chi connectivity index (χ1v) is 16.8. The van der Waals surface area contributed by atoms with E-state index in [1.54, 1.807) is 59.2 Å². The molecule has 0 aliphatic rings. The van der Waals surface area contributed by atoms with Crippen LogP contribution in [0.2, 0.25) is 0 Å². The second kappa shape index (κ2) is 12.1. The summed E-state index contributed by atoms with van der Waals surface area (Å²) in [5.74, 6) is 0. The van der Waals surface area contributed by atoms with E-state index in [2.05, 4.69) is 6.07 Å². The Labute approximate surface area is 303 Å². The van der Waals surface area contributed by atoms with E-state index in [0.29, 0.717) is 71.9 Å². The van der Waals surface area contributed by atoms with Crippen LogP contribution in [0.1, 0.15) is 16.7 Å². The predicted octanol–water partition coefficient (Wildman–Crippen LogP) is 12.5. The van der Waals surface area contributed by atoms with Crippen molar-refractivity contribution in [3.8, 4) is 40.0 Å². The van der Waals surface area contributed by atoms with Crippen molar-refractivity contribution in [2.75, 3.05) is 0 Å². The highest BCUT2D eigenvalue weighted by Gasteiger charge is 2.33. The molecule has 0 bridgehead atoms. The van der Waals surface area contributed by atoms with Crippen molar-refractivity contribution < 1.29 is 26.3 Å². The summed E-state index contributed by atoms with van der Waals surface area (Å²) in [5.41, 5.74) is 4.20. The second-order valence-corrected chi connectivity index (χ2v) is 12.9. The van der Waals surface area contributed by atoms with Crippen LogP contribution in [0.3, 0.4) is 0 Å². The van der Waals surface area contributed by atoms with Crippen LogP contribution in [-0.4, -0.2) is 14.1 Å². The van der Waals surface area contributed by atoms with E-state index in [1.165, 1.54) is 12.1 Å². The third-order valence-corrected chi connectivity index (χ3v) is 9.81. The van der Waals surface area contributed by atoms with Crippen LogP contribution in [0.25, 0.3) is 77.5 Å². The lowest BCUT2D eigenvalue weighted by atomic mass is 10.0. The molecule has 262 valence electrons. The molecule has 3 aromatic heterocycles. The van der Waals surface area contributed by atoms with E-state index >= 15 is 0 Å². The Bertz CT molecular complexity index is 2980. The van der Waals surface area contributed by atoms with Gasteiger partial charge in [0.05, 0.1) is 61.5 Å². The third kappa shape index (κ3) is 5.27. The molecule has 0 aliphatic heterocycles. The molecule has 0 unspecified atom stereocenters. The Morgan fingerprint density at radius 3 is 1.52 bits per heavy atom. The second-order valence-electron chi connectivity index (χ2n) is 12.9. The van der Waals surface area contributed by atoms with Crippen molar-refractivity contribution in [1.82, 2.24) is 14.1 Å². The molecule has 0 atom stereocenters. The summed E-state index contributed by atoms with van der Waals surface area (Å²) < 4.78 is 87.3. The van der Waals surface area contributed by atoms with Gasteiger partial charge in [-0.2, -0.15) is 31.6 Å². The zero-order chi connectivity index (χ0) is 37.4. The summed E-state index contributed by atoms with van der Waals surface area (Å²) in [6, 6.07) is 42.2. The molecule has 0 N–H and O–H groups in total. The van der Waals surface area contributed by atoms with E-state index in [1.807, 2.05) is 59.2 Å². The molecule has 0 radical (unpaired) electrons. The fraction of sp³-hybridized carbons (Fsp3) is 0.0455. The van der Waals surface area contributed by atoms with E-state index in [9.17, 15) is 31.6 Å². The van der Waals surface area contributed by atoms with Crippen LogP contribution in [-0.2, 0) is 12.4 Å². The minimum absolute atomic E-state index is 0.188. The summed E-state index contributed by atoms with van der Waals surface area (Å²) in [6.07, 6.45) is -9.13. The molecule has 0 aliphatic carbocycles. The Balaban J connectivity index is 1.40. The molecule has 0 fully saturated rings. The summed E-state index contributed by atoms with van der Waals surface area (Å²) in [4.78, 5) is 5.05. The van der Waals surface area contributed by atoms with Crippen molar-refractivity contribution >= 4 is 43.6 Å². The van der Waals surface area contributed by atoms with Crippen molar-refractivity contribution in [1.29, 1.82) is 5.26 Å². The maximum Gasteiger partial charge on any atom is 0.416 e. The van der Waals surface area contributed by atoms with Crippen LogP contribution in [0.4, 0.5) is 26.3 Å². The number of benzene rings is 6. The highest BCUT2D eigenvalue weighted by atomic mass is 19.4. The van der Waals surface area contributed by atoms with Crippen LogP contribution < -0.4 is 0 Å². The van der Waals surface area contributed by atoms with Gasteiger partial charge in [-0.3, -0.25) is 0 Å². The molecule has 9 rings (SSSR count). The monoisotopic (exact) mass is 722 g/mol. The molecule has 3 heterocycles. The number of hydrogen-bond acceptors (Lipinski definition) is 2. The summed E-state index contributed by atoms with van der Waals surface area (Å²) in [5, 5.41) is 12.7. The SMILES string of the molecule is N#Cc1cc(-n2c3ccccc3c3cc(C(F)(F)F)ccc32)c(-c2cccc(-c3ccccc3)n2)cc1-n1c2ccccc2c2cc(C(F)(F)F)ccc21. The van der Waals surface area contributed by atoms with E-state index < -0.39 is 23.5 Å². The highest BCUT2D eigenvalue weighted by molar-refractivity contribution is 6.11. The third-order valence-electron chi connectivity index (χ3n) is 9.81. The van der Waals surface area contributed by atoms with Crippen LogP contribution in [0.15, 0.2) is 146 Å². The number of alkyl halides is 6. The largest absolute Gasteiger partial charge is 0.416 e. The van der Waals surface area contributed by atoms with Crippen LogP contribution in [0, 0.1) is 11.3 Å². The average molecular weight is 723 g/mol. The first-order valence-electron chi connectivity index (χ1n) is 16.8. The lowest BCUT2D eigenvalue weighted by Gasteiger charge is -2.19. The summed E-state index contributed by atoms with van der Waals surface area (Å²) >= 11 is 0. The van der Waals surface area contributed by atoms with Gasteiger partial charge in [0, 0.05) is 32.7 Å². The molecule has 9 aromatic rings. The topological polar surface area (TPSA) is 46.5 Å². The molecular weight excluding hydrogens is 699 g/mol. The lowest BCUT2D eigenvalue weighted by Crippen LogP contribution is -2.06. The number of nitrogens with zero attached hydrogens (tertiary/aromatic N) is 4. The van der Waals surface area contributed by atoms with Gasteiger partial charge in [-0.1, -0.05) is 72.8 Å². The van der Waals surface area contributed by atoms with Gasteiger partial charge in [0.25, 0.3) is 0 Å². The van der Waals surface area contributed by atoms with Crippen molar-refractivity contribution in [3.63, 3.8) is 0 Å². The maximum atomic E-state index is 14.0. The Morgan fingerprint density at radius 2 is 0.963 bits per heavy atom. The van der Waals surface area contributed by atoms with E-state index in [0.717, 1.165) is 29.8 Å². The lowest BCUT2D eigenvalue weighted by molar-refractivity contribution is -0.138. The molecule has 0 saturated heterocycles. The Kier molecular flexibility index (Phi) is 7.40. The van der Waals surface area contributed by atoms with Gasteiger partial charge in [0.15, 0.2) is 0 Å². The molecule has 0 spiro atoms.